The molecule has 1 saturated heterocycles. The number of sulfone groups is 1. The first-order valence-electron chi connectivity index (χ1n) is 10.2. The Kier molecular flexibility index (Phi) is 5.45. The second-order valence-corrected chi connectivity index (χ2v) is 10.9. The Morgan fingerprint density at radius 1 is 1.21 bits per heavy atom. The highest BCUT2D eigenvalue weighted by atomic mass is 32.2. The summed E-state index contributed by atoms with van der Waals surface area (Å²) in [6, 6.07) is 13.6. The van der Waals surface area contributed by atoms with E-state index in [4.69, 9.17) is 9.73 Å². The summed E-state index contributed by atoms with van der Waals surface area (Å²) in [7, 11) is -1.84. The summed E-state index contributed by atoms with van der Waals surface area (Å²) in [5, 5.41) is 1.07. The molecule has 3 heterocycles. The Bertz CT molecular complexity index is 1440. The van der Waals surface area contributed by atoms with Crippen molar-refractivity contribution in [1.29, 1.82) is 0 Å². The molecule has 0 spiro atoms. The number of nitrogens with zero attached hydrogens (tertiary/aromatic N) is 3. The number of ether oxygens (including phenoxy) is 1. The molecule has 2 aromatic carbocycles. The molecule has 2 atom stereocenters. The minimum atomic E-state index is -3.14. The van der Waals surface area contributed by atoms with E-state index in [0.717, 1.165) is 5.69 Å². The number of anilines is 1. The van der Waals surface area contributed by atoms with Crippen LogP contribution in [0.15, 0.2) is 58.3 Å². The number of aliphatic imine (C=N–C) groups is 1. The number of esters is 1. The number of hydrogen-bond donors (Lipinski definition) is 1. The minimum Gasteiger partial charge on any atom is -0.465 e. The fourth-order valence-electron chi connectivity index (χ4n) is 4.16. The molecule has 1 aromatic heterocycles. The first-order valence-corrected chi connectivity index (χ1v) is 13.0. The van der Waals surface area contributed by atoms with Gasteiger partial charge >= 0.3 is 5.97 Å². The number of hydrogen-bond acceptors (Lipinski definition) is 9. The highest BCUT2D eigenvalue weighted by Gasteiger charge is 2.47. The van der Waals surface area contributed by atoms with E-state index in [9.17, 15) is 18.0 Å². The van der Waals surface area contributed by atoms with Crippen LogP contribution in [0.25, 0.3) is 10.9 Å². The number of rotatable bonds is 4. The molecule has 0 amide bonds. The fourth-order valence-corrected chi connectivity index (χ4v) is 6.99. The third kappa shape index (κ3) is 4.13. The third-order valence-corrected chi connectivity index (χ3v) is 8.33. The predicted molar refractivity (Wildman–Crippen MR) is 128 cm³/mol. The Morgan fingerprint density at radius 2 is 2.00 bits per heavy atom. The van der Waals surface area contributed by atoms with Crippen LogP contribution in [0.4, 0.5) is 5.69 Å². The number of fused-ring (bicyclic) bond motifs is 2. The number of carbonyl (C=O) groups is 1. The van der Waals surface area contributed by atoms with Crippen molar-refractivity contribution in [2.75, 3.05) is 23.5 Å². The quantitative estimate of drug-likeness (QED) is 0.558. The molecular formula is C22H20N4O5S2. The van der Waals surface area contributed by atoms with Crippen molar-refractivity contribution in [3.63, 3.8) is 0 Å². The minimum absolute atomic E-state index is 0.0341. The summed E-state index contributed by atoms with van der Waals surface area (Å²) in [5.74, 6) is 0.339. The molecule has 1 fully saturated rings. The smallest absolute Gasteiger partial charge is 0.337 e. The number of nitrogens with one attached hydrogen (secondary N) is 1. The second kappa shape index (κ2) is 8.31. The van der Waals surface area contributed by atoms with E-state index in [1.807, 2.05) is 35.2 Å². The Labute approximate surface area is 193 Å². The molecule has 0 bridgehead atoms. The molecule has 0 unspecified atom stereocenters. The van der Waals surface area contributed by atoms with Gasteiger partial charge in [-0.25, -0.2) is 18.2 Å². The Hall–Kier alpha value is -3.18. The second-order valence-electron chi connectivity index (χ2n) is 7.85. The number of carbonyl (C=O) groups excluding carboxylic acids is 1. The van der Waals surface area contributed by atoms with Crippen molar-refractivity contribution in [2.24, 2.45) is 4.99 Å². The van der Waals surface area contributed by atoms with Crippen LogP contribution in [-0.2, 0) is 20.3 Å². The summed E-state index contributed by atoms with van der Waals surface area (Å²) in [4.78, 5) is 38.3. The van der Waals surface area contributed by atoms with Crippen molar-refractivity contribution < 1.29 is 17.9 Å². The van der Waals surface area contributed by atoms with Gasteiger partial charge in [-0.1, -0.05) is 30.0 Å². The van der Waals surface area contributed by atoms with Crippen LogP contribution in [0.3, 0.4) is 0 Å². The van der Waals surface area contributed by atoms with Crippen molar-refractivity contribution in [2.45, 2.75) is 17.8 Å². The van der Waals surface area contributed by atoms with Crippen LogP contribution in [0.2, 0.25) is 0 Å². The normalized spacial score (nSPS) is 21.1. The first-order chi connectivity index (χ1) is 15.8. The molecule has 11 heteroatoms. The zero-order chi connectivity index (χ0) is 23.2. The highest BCUT2D eigenvalue weighted by Crippen LogP contribution is 2.35. The maximum absolute atomic E-state index is 12.5. The molecular weight excluding hydrogens is 464 g/mol. The monoisotopic (exact) mass is 484 g/mol. The zero-order valence-electron chi connectivity index (χ0n) is 17.6. The van der Waals surface area contributed by atoms with Gasteiger partial charge < -0.3 is 14.6 Å². The molecule has 0 saturated carbocycles. The molecule has 33 heavy (non-hydrogen) atoms. The van der Waals surface area contributed by atoms with E-state index in [0.29, 0.717) is 33.2 Å². The number of aromatic amines is 1. The van der Waals surface area contributed by atoms with Gasteiger partial charge in [0.25, 0.3) is 5.56 Å². The lowest BCUT2D eigenvalue weighted by Gasteiger charge is -2.26. The summed E-state index contributed by atoms with van der Waals surface area (Å²) in [6.45, 7) is 0. The number of H-pyrrole nitrogens is 1. The van der Waals surface area contributed by atoms with Crippen molar-refractivity contribution >= 4 is 49.3 Å². The number of amidine groups is 1. The van der Waals surface area contributed by atoms with Gasteiger partial charge in [0.2, 0.25) is 0 Å². The Balaban J connectivity index is 1.44. The topological polar surface area (TPSA) is 122 Å². The van der Waals surface area contributed by atoms with Crippen LogP contribution in [-0.4, -0.2) is 60.2 Å². The molecule has 9 nitrogen and oxygen atoms in total. The summed E-state index contributed by atoms with van der Waals surface area (Å²) >= 11 is 1.39. The van der Waals surface area contributed by atoms with Crippen molar-refractivity contribution in [3.05, 3.63) is 70.3 Å². The highest BCUT2D eigenvalue weighted by molar-refractivity contribution is 8.13. The zero-order valence-corrected chi connectivity index (χ0v) is 19.2. The van der Waals surface area contributed by atoms with Crippen molar-refractivity contribution in [1.82, 2.24) is 9.97 Å². The fraction of sp³-hybridized carbons (Fsp3) is 0.273. The number of methoxy groups -OCH3 is 1. The average Bonchev–Trinajstić information content (AvgIpc) is 3.28. The number of para-hydroxylation sites is 1. The van der Waals surface area contributed by atoms with Gasteiger partial charge in [-0.2, -0.15) is 0 Å². The van der Waals surface area contributed by atoms with Gasteiger partial charge in [0.1, 0.15) is 5.82 Å². The molecule has 1 N–H and O–H groups in total. The third-order valence-electron chi connectivity index (χ3n) is 5.66. The summed E-state index contributed by atoms with van der Waals surface area (Å²) in [6.07, 6.45) is 0. The van der Waals surface area contributed by atoms with E-state index >= 15 is 0 Å². The molecule has 170 valence electrons. The molecule has 0 aliphatic carbocycles. The standard InChI is InChI=1S/C22H20N4O5S2/c1-31-21(28)13-7-8-15-16(9-13)23-19(25-20(15)27)10-32-22-24-17-11-33(29,30)12-18(17)26(22)14-5-3-2-4-6-14/h2-9,17-18H,10-12H2,1H3,(H,23,25,27)/t17-,18+/m1/s1. The van der Waals surface area contributed by atoms with Crippen LogP contribution < -0.4 is 10.5 Å². The first kappa shape index (κ1) is 21.7. The lowest BCUT2D eigenvalue weighted by atomic mass is 10.1. The molecule has 2 aliphatic rings. The lowest BCUT2D eigenvalue weighted by molar-refractivity contribution is 0.0601. The molecule has 0 radical (unpaired) electrons. The SMILES string of the molecule is COC(=O)c1ccc2c(=O)[nH]c(CSC3=N[C@@H]4CS(=O)(=O)C[C@@H]4N3c3ccccc3)nc2c1. The van der Waals surface area contributed by atoms with Gasteiger partial charge in [-0.3, -0.25) is 9.79 Å². The lowest BCUT2D eigenvalue weighted by Crippen LogP contribution is -2.39. The molecule has 2 aliphatic heterocycles. The number of thioether (sulfide) groups is 1. The summed E-state index contributed by atoms with van der Waals surface area (Å²) < 4.78 is 29.1. The van der Waals surface area contributed by atoms with Crippen LogP contribution in [0, 0.1) is 0 Å². The largest absolute Gasteiger partial charge is 0.465 e. The molecule has 3 aromatic rings. The maximum atomic E-state index is 12.5. The maximum Gasteiger partial charge on any atom is 0.337 e. The van der Waals surface area contributed by atoms with Crippen LogP contribution >= 0.6 is 11.8 Å². The molecule has 5 rings (SSSR count). The predicted octanol–water partition coefficient (Wildman–Crippen LogP) is 1.98. The van der Waals surface area contributed by atoms with Crippen LogP contribution in [0.1, 0.15) is 16.2 Å². The Morgan fingerprint density at radius 3 is 2.76 bits per heavy atom. The number of benzene rings is 2. The van der Waals surface area contributed by atoms with Gasteiger partial charge in [-0.15, -0.1) is 0 Å². The van der Waals surface area contributed by atoms with E-state index in [-0.39, 0.29) is 29.1 Å². The van der Waals surface area contributed by atoms with E-state index in [1.165, 1.54) is 31.0 Å². The summed E-state index contributed by atoms with van der Waals surface area (Å²) in [5.41, 5.74) is 1.28. The number of aromatic nitrogens is 2. The van der Waals surface area contributed by atoms with Gasteiger partial charge in [-0.05, 0) is 30.3 Å². The van der Waals surface area contributed by atoms with Crippen LogP contribution in [0.5, 0.6) is 0 Å². The van der Waals surface area contributed by atoms with Gasteiger partial charge in [0.05, 0.1) is 52.9 Å². The van der Waals surface area contributed by atoms with Gasteiger partial charge in [0.15, 0.2) is 15.0 Å². The van der Waals surface area contributed by atoms with Crippen molar-refractivity contribution in [3.8, 4) is 0 Å². The van der Waals surface area contributed by atoms with E-state index in [1.54, 1.807) is 6.07 Å². The average molecular weight is 485 g/mol. The van der Waals surface area contributed by atoms with E-state index in [2.05, 4.69) is 9.97 Å². The van der Waals surface area contributed by atoms with E-state index < -0.39 is 15.8 Å². The van der Waals surface area contributed by atoms with Gasteiger partial charge in [0, 0.05) is 5.69 Å².